The first kappa shape index (κ1) is 35.4. The fraction of sp³-hybridized carbons (Fsp3) is 0.833. The molecule has 3 aliphatic carbocycles. The summed E-state index contributed by atoms with van der Waals surface area (Å²) >= 11 is 0. The fourth-order valence-corrected chi connectivity index (χ4v) is 7.18. The van der Waals surface area contributed by atoms with Crippen LogP contribution < -0.4 is 5.73 Å². The lowest BCUT2D eigenvalue weighted by molar-refractivity contribution is -0.148. The van der Waals surface area contributed by atoms with E-state index in [1.54, 1.807) is 0 Å². The van der Waals surface area contributed by atoms with Crippen molar-refractivity contribution in [1.82, 2.24) is 0 Å². The Morgan fingerprint density at radius 3 is 1.12 bits per heavy atom. The lowest BCUT2D eigenvalue weighted by Gasteiger charge is -2.30. The Morgan fingerprint density at radius 1 is 0.561 bits per heavy atom. The third-order valence-corrected chi connectivity index (χ3v) is 9.58. The number of amides is 1. The largest absolute Gasteiger partial charge is 0.502 e. The van der Waals surface area contributed by atoms with Gasteiger partial charge in [0.25, 0.3) is 0 Å². The van der Waals surface area contributed by atoms with Crippen LogP contribution in [0, 0.1) is 11.8 Å². The van der Waals surface area contributed by atoms with Gasteiger partial charge in [-0.15, -0.1) is 0 Å². The van der Waals surface area contributed by atoms with E-state index in [-0.39, 0.29) is 11.9 Å². The molecule has 3 fully saturated rings. The highest BCUT2D eigenvalue weighted by molar-refractivity contribution is 5.87. The van der Waals surface area contributed by atoms with E-state index in [4.69, 9.17) is 4.74 Å². The Bertz CT molecular complexity index is 703. The molecule has 3 saturated carbocycles. The molecule has 0 aliphatic heterocycles. The minimum atomic E-state index is -0.481. The summed E-state index contributed by atoms with van der Waals surface area (Å²) in [7, 11) is 0. The summed E-state index contributed by atoms with van der Waals surface area (Å²) in [4.78, 5) is 23.0. The molecule has 0 heterocycles. The molecule has 5 nitrogen and oxygen atoms in total. The van der Waals surface area contributed by atoms with Crippen LogP contribution >= 0.6 is 0 Å². The van der Waals surface area contributed by atoms with Gasteiger partial charge in [0.05, 0.1) is 0 Å². The molecule has 0 aromatic rings. The maximum Gasteiger partial charge on any atom is 0.373 e. The smallest absolute Gasteiger partial charge is 0.373 e. The lowest BCUT2D eigenvalue weighted by atomic mass is 9.76. The molecule has 0 aromatic carbocycles. The molecule has 41 heavy (non-hydrogen) atoms. The van der Waals surface area contributed by atoms with Crippen LogP contribution in [0.4, 0.5) is 0 Å². The summed E-state index contributed by atoms with van der Waals surface area (Å²) in [5.41, 5.74) is 5.65. The van der Waals surface area contributed by atoms with E-state index in [9.17, 15) is 14.7 Å². The number of aliphatic hydroxyl groups excluding tert-OH is 1. The fourth-order valence-electron chi connectivity index (χ4n) is 7.18. The van der Waals surface area contributed by atoms with Crippen molar-refractivity contribution in [2.24, 2.45) is 17.6 Å². The first-order valence-electron chi connectivity index (χ1n) is 17.6. The molecule has 0 bridgehead atoms. The number of hydrogen-bond acceptors (Lipinski definition) is 4. The number of esters is 1. The zero-order valence-corrected chi connectivity index (χ0v) is 26.4. The van der Waals surface area contributed by atoms with Crippen molar-refractivity contribution in [3.63, 3.8) is 0 Å². The van der Waals surface area contributed by atoms with Crippen molar-refractivity contribution < 1.29 is 19.4 Å². The van der Waals surface area contributed by atoms with Crippen LogP contribution in [-0.2, 0) is 14.3 Å². The van der Waals surface area contributed by atoms with Crippen LogP contribution in [0.5, 0.6) is 0 Å². The van der Waals surface area contributed by atoms with Gasteiger partial charge in [-0.1, -0.05) is 129 Å². The number of primary amides is 1. The Morgan fingerprint density at radius 2 is 0.829 bits per heavy atom. The first-order valence-corrected chi connectivity index (χ1v) is 17.6. The number of hydrogen-bond donors (Lipinski definition) is 2. The summed E-state index contributed by atoms with van der Waals surface area (Å²) in [6.07, 6.45) is 34.4. The van der Waals surface area contributed by atoms with Gasteiger partial charge in [-0.3, -0.25) is 4.79 Å². The second-order valence-electron chi connectivity index (χ2n) is 13.0. The molecule has 0 saturated heterocycles. The predicted octanol–water partition coefficient (Wildman–Crippen LogP) is 10.2. The number of carbonyl (C=O) groups is 2. The van der Waals surface area contributed by atoms with Gasteiger partial charge in [-0.25, -0.2) is 4.79 Å². The second kappa shape index (κ2) is 22.8. The van der Waals surface area contributed by atoms with Crippen LogP contribution in [-0.4, -0.2) is 23.1 Å². The molecule has 5 heteroatoms. The molecule has 0 atom stereocenters. The van der Waals surface area contributed by atoms with Crippen LogP contribution in [0.3, 0.4) is 0 Å². The molecule has 0 unspecified atom stereocenters. The Kier molecular flexibility index (Phi) is 19.7. The van der Waals surface area contributed by atoms with Crippen LogP contribution in [0.1, 0.15) is 173 Å². The number of allylic oxidation sites excluding steroid dienone is 1. The number of rotatable bonds is 5. The van der Waals surface area contributed by atoms with Gasteiger partial charge in [0.15, 0.2) is 0 Å². The highest BCUT2D eigenvalue weighted by Crippen LogP contribution is 2.39. The van der Waals surface area contributed by atoms with Gasteiger partial charge in [0.2, 0.25) is 11.7 Å². The molecular formula is C36H63NO4. The average Bonchev–Trinajstić information content (AvgIpc) is 2.99. The maximum absolute atomic E-state index is 13.5. The average molecular weight is 574 g/mol. The summed E-state index contributed by atoms with van der Waals surface area (Å²) in [6.45, 7) is 3.09. The van der Waals surface area contributed by atoms with E-state index in [2.05, 4.69) is 12.3 Å². The monoisotopic (exact) mass is 573 g/mol. The minimum Gasteiger partial charge on any atom is -0.502 e. The van der Waals surface area contributed by atoms with Gasteiger partial charge in [-0.2, -0.15) is 0 Å². The molecule has 0 aromatic heterocycles. The normalized spacial score (nSPS) is 22.1. The standard InChI is InChI=1S/C33H58O3.C3H5NO/c34-32(33(35)36-30-26-20-14-8-3-9-15-21-27-30)31(28-22-16-10-4-1-5-11-17-23-28)29-24-18-12-6-2-7-13-19-25-29;1-2-3(4)5/h28-30,34H,1-27H2;2H,1H2,(H2,4,5). The zero-order chi connectivity index (χ0) is 29.5. The molecule has 3 aliphatic rings. The highest BCUT2D eigenvalue weighted by atomic mass is 16.6. The van der Waals surface area contributed by atoms with Crippen molar-refractivity contribution >= 4 is 11.9 Å². The van der Waals surface area contributed by atoms with Crippen molar-refractivity contribution in [2.45, 2.75) is 179 Å². The van der Waals surface area contributed by atoms with E-state index < -0.39 is 11.9 Å². The number of aliphatic hydroxyl groups is 1. The van der Waals surface area contributed by atoms with Gasteiger partial charge in [-0.05, 0) is 74.9 Å². The lowest BCUT2D eigenvalue weighted by Crippen LogP contribution is -2.25. The molecule has 0 radical (unpaired) electrons. The van der Waals surface area contributed by atoms with E-state index in [0.717, 1.165) is 63.0 Å². The SMILES string of the molecule is C=CC(N)=O.O=C(OC1CCCCCCCCC1)C(O)=C(C1CCCCCCCCC1)C1CCCCCCCCC1. The van der Waals surface area contributed by atoms with Gasteiger partial charge < -0.3 is 15.6 Å². The summed E-state index contributed by atoms with van der Waals surface area (Å²) in [5, 5.41) is 11.6. The van der Waals surface area contributed by atoms with Gasteiger partial charge in [0.1, 0.15) is 6.10 Å². The van der Waals surface area contributed by atoms with Gasteiger partial charge in [0, 0.05) is 0 Å². The predicted molar refractivity (Wildman–Crippen MR) is 171 cm³/mol. The van der Waals surface area contributed by atoms with Crippen molar-refractivity contribution in [2.75, 3.05) is 0 Å². The molecule has 0 spiro atoms. The summed E-state index contributed by atoms with van der Waals surface area (Å²) < 4.78 is 6.10. The summed E-state index contributed by atoms with van der Waals surface area (Å²) in [5.74, 6) is -0.150. The van der Waals surface area contributed by atoms with Gasteiger partial charge >= 0.3 is 5.97 Å². The molecule has 3 rings (SSSR count). The van der Waals surface area contributed by atoms with Crippen LogP contribution in [0.2, 0.25) is 0 Å². The Labute approximate surface area is 252 Å². The number of carbonyl (C=O) groups excluding carboxylic acids is 2. The highest BCUT2D eigenvalue weighted by Gasteiger charge is 2.30. The molecule has 1 amide bonds. The summed E-state index contributed by atoms with van der Waals surface area (Å²) in [6, 6.07) is 0. The third kappa shape index (κ3) is 15.9. The Balaban J connectivity index is 0.00000108. The van der Waals surface area contributed by atoms with E-state index >= 15 is 0 Å². The van der Waals surface area contributed by atoms with Crippen molar-refractivity contribution in [3.05, 3.63) is 24.0 Å². The zero-order valence-electron chi connectivity index (χ0n) is 26.4. The minimum absolute atomic E-state index is 0.0212. The first-order chi connectivity index (χ1) is 20.0. The molecule has 3 N–H and O–H groups in total. The number of ether oxygens (including phenoxy) is 1. The van der Waals surface area contributed by atoms with E-state index in [1.807, 2.05) is 0 Å². The third-order valence-electron chi connectivity index (χ3n) is 9.58. The van der Waals surface area contributed by atoms with Crippen molar-refractivity contribution in [1.29, 1.82) is 0 Å². The number of nitrogens with two attached hydrogens (primary N) is 1. The molecular weight excluding hydrogens is 510 g/mol. The quantitative estimate of drug-likeness (QED) is 0.194. The van der Waals surface area contributed by atoms with Crippen LogP contribution in [0.15, 0.2) is 24.0 Å². The second-order valence-corrected chi connectivity index (χ2v) is 13.0. The topological polar surface area (TPSA) is 89.6 Å². The van der Waals surface area contributed by atoms with E-state index in [0.29, 0.717) is 11.8 Å². The van der Waals surface area contributed by atoms with Crippen LogP contribution in [0.25, 0.3) is 0 Å². The van der Waals surface area contributed by atoms with Crippen molar-refractivity contribution in [3.8, 4) is 0 Å². The maximum atomic E-state index is 13.5. The molecule has 236 valence electrons. The Hall–Kier alpha value is -1.78. The van der Waals surface area contributed by atoms with E-state index in [1.165, 1.54) is 122 Å².